The van der Waals surface area contributed by atoms with E-state index in [9.17, 15) is 0 Å². The van der Waals surface area contributed by atoms with Crippen molar-refractivity contribution in [2.24, 2.45) is 0 Å². The molecule has 114 valence electrons. The van der Waals surface area contributed by atoms with Gasteiger partial charge in [-0.25, -0.2) is 4.98 Å². The number of rotatable bonds is 7. The summed E-state index contributed by atoms with van der Waals surface area (Å²) < 4.78 is 5.71. The van der Waals surface area contributed by atoms with Crippen LogP contribution in [-0.2, 0) is 0 Å². The zero-order chi connectivity index (χ0) is 15.2. The van der Waals surface area contributed by atoms with Gasteiger partial charge in [-0.1, -0.05) is 19.1 Å². The lowest BCUT2D eigenvalue weighted by Gasteiger charge is -2.18. The first-order chi connectivity index (χ1) is 10.1. The first-order valence-electron chi connectivity index (χ1n) is 7.52. The molecular formula is C17H24N2OS. The first kappa shape index (κ1) is 16.0. The molecule has 1 atom stereocenters. The molecular weight excluding hydrogens is 280 g/mol. The second kappa shape index (κ2) is 7.57. The normalized spacial score (nSPS) is 12.6. The summed E-state index contributed by atoms with van der Waals surface area (Å²) in [7, 11) is 0. The minimum atomic E-state index is 0.156. The zero-order valence-corrected chi connectivity index (χ0v) is 14.0. The molecule has 0 fully saturated rings. The molecule has 0 amide bonds. The topological polar surface area (TPSA) is 34.1 Å². The molecule has 21 heavy (non-hydrogen) atoms. The van der Waals surface area contributed by atoms with E-state index >= 15 is 0 Å². The van der Waals surface area contributed by atoms with Crippen LogP contribution >= 0.6 is 11.3 Å². The summed E-state index contributed by atoms with van der Waals surface area (Å²) in [5.41, 5.74) is 2.33. The van der Waals surface area contributed by atoms with Crippen molar-refractivity contribution in [3.05, 3.63) is 45.9 Å². The number of ether oxygens (including phenoxy) is 1. The highest BCUT2D eigenvalue weighted by molar-refractivity contribution is 7.09. The Balaban J connectivity index is 2.20. The number of aromatic nitrogens is 1. The van der Waals surface area contributed by atoms with Crippen LogP contribution in [0.25, 0.3) is 0 Å². The van der Waals surface area contributed by atoms with Crippen LogP contribution < -0.4 is 10.1 Å². The Morgan fingerprint density at radius 1 is 1.24 bits per heavy atom. The zero-order valence-electron chi connectivity index (χ0n) is 13.2. The molecule has 1 N–H and O–H groups in total. The molecule has 2 aromatic rings. The highest BCUT2D eigenvalue weighted by Gasteiger charge is 2.16. The van der Waals surface area contributed by atoms with E-state index in [1.807, 2.05) is 32.9 Å². The van der Waals surface area contributed by atoms with Gasteiger partial charge in [-0.05, 0) is 51.4 Å². The fourth-order valence-corrected chi connectivity index (χ4v) is 2.84. The lowest BCUT2D eigenvalue weighted by atomic mass is 10.0. The average Bonchev–Trinajstić information content (AvgIpc) is 2.87. The number of thiazole rings is 1. The molecule has 0 radical (unpaired) electrons. The number of nitrogens with one attached hydrogen (secondary N) is 1. The molecule has 3 nitrogen and oxygen atoms in total. The maximum Gasteiger partial charge on any atom is 0.119 e. The van der Waals surface area contributed by atoms with Crippen molar-refractivity contribution >= 4 is 11.3 Å². The summed E-state index contributed by atoms with van der Waals surface area (Å²) in [6, 6.07) is 8.48. The summed E-state index contributed by atoms with van der Waals surface area (Å²) in [6.07, 6.45) is 1.31. The summed E-state index contributed by atoms with van der Waals surface area (Å²) in [4.78, 5) is 4.64. The SMILES string of the molecule is CCCNC(c1ccc(OC(C)C)cc1)c1csc(C)n1. The fourth-order valence-electron chi connectivity index (χ4n) is 2.21. The molecule has 1 unspecified atom stereocenters. The third-order valence-electron chi connectivity index (χ3n) is 3.12. The second-order valence-corrected chi connectivity index (χ2v) is 6.48. The molecule has 0 aliphatic heterocycles. The Morgan fingerprint density at radius 3 is 2.48 bits per heavy atom. The van der Waals surface area contributed by atoms with Gasteiger partial charge in [0.05, 0.1) is 22.8 Å². The molecule has 0 aliphatic rings. The van der Waals surface area contributed by atoms with E-state index in [0.717, 1.165) is 29.4 Å². The van der Waals surface area contributed by atoms with E-state index in [0.29, 0.717) is 0 Å². The minimum Gasteiger partial charge on any atom is -0.491 e. The van der Waals surface area contributed by atoms with Gasteiger partial charge in [0.25, 0.3) is 0 Å². The standard InChI is InChI=1S/C17H24N2OS/c1-5-10-18-17(16-11-21-13(4)19-16)14-6-8-15(9-7-14)20-12(2)3/h6-9,11-12,17-18H,5,10H2,1-4H3. The summed E-state index contributed by atoms with van der Waals surface area (Å²) >= 11 is 1.70. The Labute approximate surface area is 131 Å². The Hall–Kier alpha value is -1.39. The van der Waals surface area contributed by atoms with Crippen LogP contribution in [0.2, 0.25) is 0 Å². The third-order valence-corrected chi connectivity index (χ3v) is 3.91. The molecule has 1 aromatic carbocycles. The van der Waals surface area contributed by atoms with Gasteiger partial charge in [0.15, 0.2) is 0 Å². The van der Waals surface area contributed by atoms with Gasteiger partial charge in [0.1, 0.15) is 5.75 Å². The Morgan fingerprint density at radius 2 is 1.95 bits per heavy atom. The molecule has 0 saturated heterocycles. The quantitative estimate of drug-likeness (QED) is 0.827. The van der Waals surface area contributed by atoms with E-state index in [1.54, 1.807) is 11.3 Å². The van der Waals surface area contributed by atoms with Gasteiger partial charge in [-0.2, -0.15) is 0 Å². The van der Waals surface area contributed by atoms with Gasteiger partial charge in [-0.15, -0.1) is 11.3 Å². The number of hydrogen-bond donors (Lipinski definition) is 1. The van der Waals surface area contributed by atoms with Crippen LogP contribution in [0.5, 0.6) is 5.75 Å². The molecule has 1 heterocycles. The van der Waals surface area contributed by atoms with E-state index in [2.05, 4.69) is 34.7 Å². The van der Waals surface area contributed by atoms with Crippen molar-refractivity contribution in [1.82, 2.24) is 10.3 Å². The lowest BCUT2D eigenvalue weighted by molar-refractivity contribution is 0.242. The number of aryl methyl sites for hydroxylation is 1. The van der Waals surface area contributed by atoms with E-state index < -0.39 is 0 Å². The summed E-state index contributed by atoms with van der Waals surface area (Å²) in [5, 5.41) is 6.82. The predicted octanol–water partition coefficient (Wildman–Crippen LogP) is 4.33. The first-order valence-corrected chi connectivity index (χ1v) is 8.40. The molecule has 0 spiro atoms. The smallest absolute Gasteiger partial charge is 0.119 e. The van der Waals surface area contributed by atoms with Crippen molar-refractivity contribution in [2.75, 3.05) is 6.54 Å². The summed E-state index contributed by atoms with van der Waals surface area (Å²) in [6.45, 7) is 9.28. The van der Waals surface area contributed by atoms with E-state index in [-0.39, 0.29) is 12.1 Å². The van der Waals surface area contributed by atoms with Crippen molar-refractivity contribution in [3.8, 4) is 5.75 Å². The largest absolute Gasteiger partial charge is 0.491 e. The maximum atomic E-state index is 5.71. The monoisotopic (exact) mass is 304 g/mol. The molecule has 2 rings (SSSR count). The van der Waals surface area contributed by atoms with E-state index in [1.165, 1.54) is 5.56 Å². The van der Waals surface area contributed by atoms with Crippen LogP contribution in [0.3, 0.4) is 0 Å². The predicted molar refractivity (Wildman–Crippen MR) is 89.2 cm³/mol. The highest BCUT2D eigenvalue weighted by atomic mass is 32.1. The molecule has 0 saturated carbocycles. The summed E-state index contributed by atoms with van der Waals surface area (Å²) in [5.74, 6) is 0.914. The van der Waals surface area contributed by atoms with Gasteiger partial charge in [-0.3, -0.25) is 0 Å². The molecule has 1 aromatic heterocycles. The minimum absolute atomic E-state index is 0.156. The highest BCUT2D eigenvalue weighted by Crippen LogP contribution is 2.25. The van der Waals surface area contributed by atoms with Gasteiger partial charge < -0.3 is 10.1 Å². The van der Waals surface area contributed by atoms with Crippen molar-refractivity contribution in [3.63, 3.8) is 0 Å². The van der Waals surface area contributed by atoms with Crippen molar-refractivity contribution in [1.29, 1.82) is 0 Å². The van der Waals surface area contributed by atoms with Crippen molar-refractivity contribution < 1.29 is 4.74 Å². The maximum absolute atomic E-state index is 5.71. The molecule has 0 aliphatic carbocycles. The number of hydrogen-bond acceptors (Lipinski definition) is 4. The van der Waals surface area contributed by atoms with Crippen molar-refractivity contribution in [2.45, 2.75) is 46.3 Å². The second-order valence-electron chi connectivity index (χ2n) is 5.41. The average molecular weight is 304 g/mol. The molecule has 4 heteroatoms. The van der Waals surface area contributed by atoms with Crippen LogP contribution in [0, 0.1) is 6.92 Å². The van der Waals surface area contributed by atoms with E-state index in [4.69, 9.17) is 4.74 Å². The van der Waals surface area contributed by atoms with Crippen LogP contribution in [0.4, 0.5) is 0 Å². The van der Waals surface area contributed by atoms with Crippen LogP contribution in [0.1, 0.15) is 49.5 Å². The van der Waals surface area contributed by atoms with Gasteiger partial charge in [0, 0.05) is 5.38 Å². The third kappa shape index (κ3) is 4.55. The Bertz CT molecular complexity index is 548. The molecule has 0 bridgehead atoms. The van der Waals surface area contributed by atoms with Gasteiger partial charge in [0.2, 0.25) is 0 Å². The van der Waals surface area contributed by atoms with Crippen LogP contribution in [0.15, 0.2) is 29.6 Å². The van der Waals surface area contributed by atoms with Crippen LogP contribution in [-0.4, -0.2) is 17.6 Å². The lowest BCUT2D eigenvalue weighted by Crippen LogP contribution is -2.23. The van der Waals surface area contributed by atoms with Gasteiger partial charge >= 0.3 is 0 Å². The fraction of sp³-hybridized carbons (Fsp3) is 0.471. The number of benzene rings is 1. The Kier molecular flexibility index (Phi) is 5.76. The number of nitrogens with zero attached hydrogens (tertiary/aromatic N) is 1.